The molecule has 5 aliphatic rings. The fourth-order valence-corrected chi connectivity index (χ4v) is 7.23. The topological polar surface area (TPSA) is 6.48 Å². The number of nitrogens with zero attached hydrogens (tertiary/aromatic N) is 2. The molecule has 0 spiro atoms. The molecule has 0 saturated carbocycles. The first-order valence-electron chi connectivity index (χ1n) is 15.0. The summed E-state index contributed by atoms with van der Waals surface area (Å²) in [5.74, 6) is 3.75. The van der Waals surface area contributed by atoms with Crippen molar-refractivity contribution < 1.29 is 0 Å². The third kappa shape index (κ3) is 8.83. The molecule has 6 bridgehead atoms. The molecule has 0 aromatic carbocycles. The molecule has 0 aliphatic carbocycles. The number of fused-ring (bicyclic) bond motifs is 9. The van der Waals surface area contributed by atoms with Gasteiger partial charge in [-0.1, -0.05) is 67.9 Å². The van der Waals surface area contributed by atoms with Crippen LogP contribution in [0.2, 0.25) is 0 Å². The number of rotatable bonds is 0. The third-order valence-corrected chi connectivity index (χ3v) is 9.03. The molecule has 2 fully saturated rings. The summed E-state index contributed by atoms with van der Waals surface area (Å²) in [6.45, 7) is 8.00. The summed E-state index contributed by atoms with van der Waals surface area (Å²) in [4.78, 5) is 5.70. The minimum atomic E-state index is 0.923. The highest BCUT2D eigenvalue weighted by molar-refractivity contribution is 5.03. The minimum Gasteiger partial charge on any atom is -0.303 e. The number of piperidine rings is 2. The molecule has 0 amide bonds. The Balaban J connectivity index is 1.49. The van der Waals surface area contributed by atoms with Gasteiger partial charge in [0.25, 0.3) is 0 Å². The Bertz CT molecular complexity index is 674. The van der Waals surface area contributed by atoms with Crippen molar-refractivity contribution in [1.29, 1.82) is 0 Å². The summed E-state index contributed by atoms with van der Waals surface area (Å²) >= 11 is 0. The maximum absolute atomic E-state index is 2.89. The van der Waals surface area contributed by atoms with E-state index in [1.165, 1.54) is 129 Å². The quantitative estimate of drug-likeness (QED) is 0.361. The summed E-state index contributed by atoms with van der Waals surface area (Å²) < 4.78 is 0. The monoisotopic (exact) mass is 464 g/mol. The van der Waals surface area contributed by atoms with E-state index in [-0.39, 0.29) is 0 Å². The lowest BCUT2D eigenvalue weighted by Gasteiger charge is -2.47. The predicted octanol–water partition coefficient (Wildman–Crippen LogP) is 7.80. The van der Waals surface area contributed by atoms with E-state index < -0.39 is 0 Å². The van der Waals surface area contributed by atoms with Crippen molar-refractivity contribution in [2.45, 2.75) is 89.9 Å². The molecule has 5 aliphatic heterocycles. The van der Waals surface area contributed by atoms with Crippen LogP contribution < -0.4 is 0 Å². The van der Waals surface area contributed by atoms with Gasteiger partial charge in [-0.05, 0) is 107 Å². The Morgan fingerprint density at radius 1 is 0.471 bits per heavy atom. The Kier molecular flexibility index (Phi) is 11.5. The highest BCUT2D eigenvalue weighted by Crippen LogP contribution is 2.40. The second kappa shape index (κ2) is 15.1. The lowest BCUT2D eigenvalue weighted by atomic mass is 9.69. The zero-order valence-electron chi connectivity index (χ0n) is 22.0. The van der Waals surface area contributed by atoms with Gasteiger partial charge in [0.2, 0.25) is 0 Å². The summed E-state index contributed by atoms with van der Waals surface area (Å²) in [7, 11) is 0. The second-order valence-corrected chi connectivity index (χ2v) is 11.7. The van der Waals surface area contributed by atoms with Crippen LogP contribution in [0.1, 0.15) is 89.9 Å². The molecule has 34 heavy (non-hydrogen) atoms. The van der Waals surface area contributed by atoms with Crippen LogP contribution in [0, 0.1) is 23.7 Å². The van der Waals surface area contributed by atoms with E-state index in [0.29, 0.717) is 0 Å². The van der Waals surface area contributed by atoms with Crippen molar-refractivity contribution in [3.63, 3.8) is 0 Å². The van der Waals surface area contributed by atoms with Gasteiger partial charge < -0.3 is 9.80 Å². The third-order valence-electron chi connectivity index (χ3n) is 9.03. The molecule has 0 aromatic rings. The van der Waals surface area contributed by atoms with Gasteiger partial charge in [-0.25, -0.2) is 0 Å². The lowest BCUT2D eigenvalue weighted by Crippen LogP contribution is -2.49. The van der Waals surface area contributed by atoms with Crippen molar-refractivity contribution in [3.8, 4) is 0 Å². The summed E-state index contributed by atoms with van der Waals surface area (Å²) in [6, 6.07) is 0. The van der Waals surface area contributed by atoms with Crippen molar-refractivity contribution in [2.24, 2.45) is 23.7 Å². The minimum absolute atomic E-state index is 0.923. The Hall–Kier alpha value is -1.12. The van der Waals surface area contributed by atoms with Gasteiger partial charge in [0.05, 0.1) is 0 Å². The molecule has 2 saturated heterocycles. The second-order valence-electron chi connectivity index (χ2n) is 11.7. The van der Waals surface area contributed by atoms with E-state index in [2.05, 4.69) is 58.4 Å². The van der Waals surface area contributed by atoms with Crippen LogP contribution in [0.15, 0.2) is 48.6 Å². The smallest absolute Gasteiger partial charge is 0.00161 e. The Labute approximate surface area is 211 Å². The van der Waals surface area contributed by atoms with Crippen LogP contribution in [0.3, 0.4) is 0 Å². The molecule has 2 heteroatoms. The summed E-state index contributed by atoms with van der Waals surface area (Å²) in [5.41, 5.74) is 0. The van der Waals surface area contributed by atoms with Gasteiger partial charge in [-0.2, -0.15) is 0 Å². The molecular formula is C32H52N2. The van der Waals surface area contributed by atoms with E-state index in [4.69, 9.17) is 0 Å². The van der Waals surface area contributed by atoms with Crippen molar-refractivity contribution in [2.75, 3.05) is 39.3 Å². The molecule has 5 heterocycles. The van der Waals surface area contributed by atoms with Gasteiger partial charge >= 0.3 is 0 Å². The van der Waals surface area contributed by atoms with E-state index in [9.17, 15) is 0 Å². The van der Waals surface area contributed by atoms with E-state index >= 15 is 0 Å². The molecule has 5 rings (SSSR count). The fourth-order valence-electron chi connectivity index (χ4n) is 7.23. The van der Waals surface area contributed by atoms with Gasteiger partial charge in [0.1, 0.15) is 0 Å². The maximum Gasteiger partial charge on any atom is 0.00161 e. The molecule has 0 radical (unpaired) electrons. The van der Waals surface area contributed by atoms with Crippen LogP contribution >= 0.6 is 0 Å². The Morgan fingerprint density at radius 3 is 1.97 bits per heavy atom. The SMILES string of the molecule is C1=C\CCCCC[C@H]2CN3CC/C=C\C=C/CCCC[C@H]4C[C@H](CN(CCC\C=C/1)C4)[C@H]2CC3. The molecule has 6 atom stereocenters. The van der Waals surface area contributed by atoms with Gasteiger partial charge in [0.15, 0.2) is 0 Å². The van der Waals surface area contributed by atoms with Gasteiger partial charge in [-0.3, -0.25) is 0 Å². The van der Waals surface area contributed by atoms with E-state index in [1.54, 1.807) is 0 Å². The largest absolute Gasteiger partial charge is 0.303 e. The average Bonchev–Trinajstić information content (AvgIpc) is 2.85. The van der Waals surface area contributed by atoms with Crippen LogP contribution in [-0.2, 0) is 0 Å². The lowest BCUT2D eigenvalue weighted by molar-refractivity contribution is 0.0195. The number of hydrogen-bond donors (Lipinski definition) is 0. The maximum atomic E-state index is 2.89. The van der Waals surface area contributed by atoms with Crippen LogP contribution in [-0.4, -0.2) is 49.1 Å². The summed E-state index contributed by atoms with van der Waals surface area (Å²) in [6.07, 6.45) is 37.9. The molecule has 190 valence electrons. The average molecular weight is 465 g/mol. The van der Waals surface area contributed by atoms with Crippen molar-refractivity contribution in [3.05, 3.63) is 48.6 Å². The van der Waals surface area contributed by atoms with E-state index in [0.717, 1.165) is 23.7 Å². The van der Waals surface area contributed by atoms with Crippen LogP contribution in [0.4, 0.5) is 0 Å². The highest BCUT2D eigenvalue weighted by atomic mass is 15.1. The molecule has 0 N–H and O–H groups in total. The molecule has 2 unspecified atom stereocenters. The molecular weight excluding hydrogens is 412 g/mol. The fraction of sp³-hybridized carbons (Fsp3) is 0.750. The highest BCUT2D eigenvalue weighted by Gasteiger charge is 2.38. The number of allylic oxidation sites excluding steroid dienone is 7. The first-order chi connectivity index (χ1) is 16.9. The zero-order valence-corrected chi connectivity index (χ0v) is 22.0. The summed E-state index contributed by atoms with van der Waals surface area (Å²) in [5, 5.41) is 0. The van der Waals surface area contributed by atoms with Crippen LogP contribution in [0.5, 0.6) is 0 Å². The van der Waals surface area contributed by atoms with Crippen molar-refractivity contribution >= 4 is 0 Å². The van der Waals surface area contributed by atoms with Gasteiger partial charge in [-0.15, -0.1) is 0 Å². The van der Waals surface area contributed by atoms with Crippen LogP contribution in [0.25, 0.3) is 0 Å². The standard InChI is InChI=1S/C32H52N2/c1-2-5-10-14-18-23-34-26-29-19-15-11-7-4-6-9-13-17-22-33-24-21-32(31(25-29)28-34)30(27-33)20-16-12-8-3-1/h1-2,4-6,9-10,13,29-32H,3,7-8,11-12,14-28H2/b2-1-,6-4-,10-5-,13-9-/t29-,30-,31+,32-/m0/s1. The van der Waals surface area contributed by atoms with E-state index in [1.807, 2.05) is 0 Å². The zero-order chi connectivity index (χ0) is 23.3. The van der Waals surface area contributed by atoms with Gasteiger partial charge in [0, 0.05) is 26.2 Å². The molecule has 0 aromatic heterocycles. The molecule has 2 nitrogen and oxygen atoms in total. The predicted molar refractivity (Wildman–Crippen MR) is 148 cm³/mol. The number of hydrogen-bond acceptors (Lipinski definition) is 2. The first-order valence-corrected chi connectivity index (χ1v) is 15.0. The Morgan fingerprint density at radius 2 is 1.15 bits per heavy atom. The normalized spacial score (nSPS) is 40.7. The van der Waals surface area contributed by atoms with Crippen molar-refractivity contribution in [1.82, 2.24) is 9.80 Å². The first kappa shape index (κ1) is 26.0.